The van der Waals surface area contributed by atoms with Gasteiger partial charge in [0.15, 0.2) is 0 Å². The molecule has 4 heteroatoms. The Morgan fingerprint density at radius 3 is 2.81 bits per heavy atom. The number of halogens is 1. The number of rotatable bonds is 4. The van der Waals surface area contributed by atoms with Gasteiger partial charge in [-0.25, -0.2) is 4.39 Å². The van der Waals surface area contributed by atoms with Crippen molar-refractivity contribution in [1.82, 2.24) is 5.43 Å². The minimum Gasteiger partial charge on any atom is -0.271 e. The lowest BCUT2D eigenvalue weighted by atomic mass is 9.97. The lowest BCUT2D eigenvalue weighted by Gasteiger charge is -2.17. The second-order valence-corrected chi connectivity index (χ2v) is 6.07. The summed E-state index contributed by atoms with van der Waals surface area (Å²) in [4.78, 5) is 0. The van der Waals surface area contributed by atoms with Gasteiger partial charge < -0.3 is 0 Å². The number of hydrogen-bond donors (Lipinski definition) is 2. The van der Waals surface area contributed by atoms with Crippen molar-refractivity contribution >= 4 is 21.4 Å². The van der Waals surface area contributed by atoms with Crippen LogP contribution in [0.25, 0.3) is 10.1 Å². The van der Waals surface area contributed by atoms with Gasteiger partial charge in [0, 0.05) is 10.3 Å². The monoisotopic (exact) mass is 300 g/mol. The zero-order valence-electron chi connectivity index (χ0n) is 11.8. The van der Waals surface area contributed by atoms with Crippen molar-refractivity contribution in [2.45, 2.75) is 19.4 Å². The van der Waals surface area contributed by atoms with Crippen molar-refractivity contribution in [2.75, 3.05) is 0 Å². The molecule has 2 nitrogen and oxygen atoms in total. The van der Waals surface area contributed by atoms with E-state index in [2.05, 4.69) is 22.9 Å². The summed E-state index contributed by atoms with van der Waals surface area (Å²) >= 11 is 1.71. The molecular weight excluding hydrogens is 283 g/mol. The molecule has 0 amide bonds. The van der Waals surface area contributed by atoms with E-state index in [1.54, 1.807) is 30.4 Å². The Morgan fingerprint density at radius 2 is 2.00 bits per heavy atom. The highest BCUT2D eigenvalue weighted by molar-refractivity contribution is 7.17. The highest BCUT2D eigenvalue weighted by Crippen LogP contribution is 2.30. The van der Waals surface area contributed by atoms with Gasteiger partial charge in [-0.2, -0.15) is 0 Å². The number of thiophene rings is 1. The smallest absolute Gasteiger partial charge is 0.130 e. The zero-order chi connectivity index (χ0) is 14.8. The van der Waals surface area contributed by atoms with Crippen molar-refractivity contribution in [3.63, 3.8) is 0 Å². The summed E-state index contributed by atoms with van der Waals surface area (Å²) < 4.78 is 15.5. The molecule has 0 spiro atoms. The van der Waals surface area contributed by atoms with Crippen molar-refractivity contribution < 1.29 is 4.39 Å². The van der Waals surface area contributed by atoms with E-state index in [0.717, 1.165) is 0 Å². The number of hydrogen-bond acceptors (Lipinski definition) is 3. The van der Waals surface area contributed by atoms with Crippen LogP contribution in [-0.2, 0) is 6.42 Å². The number of nitrogens with one attached hydrogen (secondary N) is 1. The number of nitrogens with two attached hydrogens (primary N) is 1. The van der Waals surface area contributed by atoms with Crippen LogP contribution in [0.15, 0.2) is 47.8 Å². The standard InChI is InChI=1S/C17H17FN2S/c1-11-5-4-7-14(17(11)18)15(20-19)9-12-10-21-16-8-3-2-6-13(12)16/h2-8,10,15,20H,9,19H2,1H3. The molecule has 1 aromatic heterocycles. The van der Waals surface area contributed by atoms with E-state index >= 15 is 0 Å². The first-order valence-electron chi connectivity index (χ1n) is 6.87. The Hall–Kier alpha value is -1.75. The van der Waals surface area contributed by atoms with Gasteiger partial charge >= 0.3 is 0 Å². The lowest BCUT2D eigenvalue weighted by Crippen LogP contribution is -2.30. The molecule has 0 bridgehead atoms. The van der Waals surface area contributed by atoms with Crippen LogP contribution in [0.4, 0.5) is 4.39 Å². The highest BCUT2D eigenvalue weighted by Gasteiger charge is 2.17. The molecule has 0 aliphatic rings. The first kappa shape index (κ1) is 14.2. The van der Waals surface area contributed by atoms with Crippen LogP contribution in [0.3, 0.4) is 0 Å². The summed E-state index contributed by atoms with van der Waals surface area (Å²) in [6.07, 6.45) is 0.668. The fourth-order valence-corrected chi connectivity index (χ4v) is 3.58. The summed E-state index contributed by atoms with van der Waals surface area (Å²) in [5.41, 5.74) is 5.21. The molecule has 2 aromatic carbocycles. The molecule has 0 radical (unpaired) electrons. The average Bonchev–Trinajstić information content (AvgIpc) is 2.91. The molecule has 0 aliphatic carbocycles. The maximum Gasteiger partial charge on any atom is 0.130 e. The minimum atomic E-state index is -0.233. The number of fused-ring (bicyclic) bond motifs is 1. The quantitative estimate of drug-likeness (QED) is 0.562. The first-order chi connectivity index (χ1) is 10.2. The summed E-state index contributed by atoms with van der Waals surface area (Å²) in [5, 5.41) is 3.35. The van der Waals surface area contributed by atoms with Gasteiger partial charge in [0.1, 0.15) is 5.82 Å². The second-order valence-electron chi connectivity index (χ2n) is 5.16. The van der Waals surface area contributed by atoms with Crippen LogP contribution >= 0.6 is 11.3 Å². The summed E-state index contributed by atoms with van der Waals surface area (Å²) in [6, 6.07) is 13.4. The molecule has 1 heterocycles. The molecule has 1 atom stereocenters. The van der Waals surface area contributed by atoms with Crippen LogP contribution in [-0.4, -0.2) is 0 Å². The second kappa shape index (κ2) is 5.93. The van der Waals surface area contributed by atoms with Gasteiger partial charge in [-0.15, -0.1) is 11.3 Å². The van der Waals surface area contributed by atoms with Gasteiger partial charge in [0.2, 0.25) is 0 Å². The molecule has 21 heavy (non-hydrogen) atoms. The predicted octanol–water partition coefficient (Wildman–Crippen LogP) is 4.10. The van der Waals surface area contributed by atoms with Gasteiger partial charge in [-0.05, 0) is 41.3 Å². The molecule has 108 valence electrons. The largest absolute Gasteiger partial charge is 0.271 e. The van der Waals surface area contributed by atoms with E-state index in [1.807, 2.05) is 18.2 Å². The van der Waals surface area contributed by atoms with Crippen LogP contribution < -0.4 is 11.3 Å². The van der Waals surface area contributed by atoms with Crippen molar-refractivity contribution in [3.05, 3.63) is 70.4 Å². The summed E-state index contributed by atoms with van der Waals surface area (Å²) in [6.45, 7) is 1.77. The van der Waals surface area contributed by atoms with E-state index in [9.17, 15) is 4.39 Å². The number of hydrazine groups is 1. The van der Waals surface area contributed by atoms with Gasteiger partial charge in [0.25, 0.3) is 0 Å². The topological polar surface area (TPSA) is 38.0 Å². The third-order valence-corrected chi connectivity index (χ3v) is 4.80. The lowest BCUT2D eigenvalue weighted by molar-refractivity contribution is 0.509. The Balaban J connectivity index is 1.96. The molecule has 0 aliphatic heterocycles. The normalized spacial score (nSPS) is 12.7. The Bertz CT molecular complexity index is 766. The van der Waals surface area contributed by atoms with E-state index in [4.69, 9.17) is 5.84 Å². The average molecular weight is 300 g/mol. The zero-order valence-corrected chi connectivity index (χ0v) is 12.6. The minimum absolute atomic E-state index is 0.181. The maximum absolute atomic E-state index is 14.3. The fourth-order valence-electron chi connectivity index (χ4n) is 2.61. The molecule has 0 fully saturated rings. The van der Waals surface area contributed by atoms with Gasteiger partial charge in [-0.3, -0.25) is 11.3 Å². The molecule has 3 rings (SSSR count). The molecular formula is C17H17FN2S. The van der Waals surface area contributed by atoms with E-state index in [0.29, 0.717) is 17.5 Å². The molecule has 0 saturated carbocycles. The third-order valence-electron chi connectivity index (χ3n) is 3.78. The first-order valence-corrected chi connectivity index (χ1v) is 7.75. The van der Waals surface area contributed by atoms with Crippen molar-refractivity contribution in [2.24, 2.45) is 5.84 Å². The molecule has 1 unspecified atom stereocenters. The van der Waals surface area contributed by atoms with Gasteiger partial charge in [0.05, 0.1) is 6.04 Å². The Morgan fingerprint density at radius 1 is 1.19 bits per heavy atom. The summed E-state index contributed by atoms with van der Waals surface area (Å²) in [5.74, 6) is 5.49. The third kappa shape index (κ3) is 2.70. The molecule has 0 saturated heterocycles. The molecule has 3 aromatic rings. The van der Waals surface area contributed by atoms with Crippen molar-refractivity contribution in [1.29, 1.82) is 0 Å². The summed E-state index contributed by atoms with van der Waals surface area (Å²) in [7, 11) is 0. The predicted molar refractivity (Wildman–Crippen MR) is 86.7 cm³/mol. The van der Waals surface area contributed by atoms with Crippen LogP contribution in [0.2, 0.25) is 0 Å². The SMILES string of the molecule is Cc1cccc(C(Cc2csc3ccccc23)NN)c1F. The van der Waals surface area contributed by atoms with Crippen molar-refractivity contribution in [3.8, 4) is 0 Å². The molecule has 3 N–H and O–H groups in total. The van der Waals surface area contributed by atoms with Crippen LogP contribution in [0.5, 0.6) is 0 Å². The van der Waals surface area contributed by atoms with Crippen LogP contribution in [0.1, 0.15) is 22.7 Å². The number of aryl methyl sites for hydroxylation is 1. The van der Waals surface area contributed by atoms with E-state index in [1.165, 1.54) is 15.6 Å². The maximum atomic E-state index is 14.3. The number of benzene rings is 2. The Kier molecular flexibility index (Phi) is 4.01. The van der Waals surface area contributed by atoms with E-state index in [-0.39, 0.29) is 11.9 Å². The van der Waals surface area contributed by atoms with E-state index < -0.39 is 0 Å². The van der Waals surface area contributed by atoms with Gasteiger partial charge in [-0.1, -0.05) is 36.4 Å². The fraction of sp³-hybridized carbons (Fsp3) is 0.176. The van der Waals surface area contributed by atoms with Crippen LogP contribution in [0, 0.1) is 12.7 Å². The Labute approximate surface area is 127 Å². The highest BCUT2D eigenvalue weighted by atomic mass is 32.1.